The predicted molar refractivity (Wildman–Crippen MR) is 78.5 cm³/mol. The van der Waals surface area contributed by atoms with E-state index in [2.05, 4.69) is 0 Å². The number of anilines is 1. The van der Waals surface area contributed by atoms with Crippen LogP contribution >= 0.6 is 0 Å². The maximum Gasteiger partial charge on any atom is 0.233 e. The first kappa shape index (κ1) is 13.9. The number of imide groups is 1. The van der Waals surface area contributed by atoms with Crippen LogP contribution in [0.25, 0.3) is 0 Å². The van der Waals surface area contributed by atoms with Crippen molar-refractivity contribution in [2.45, 2.75) is 25.7 Å². The summed E-state index contributed by atoms with van der Waals surface area (Å²) in [6, 6.07) is 7.23. The molecule has 1 saturated heterocycles. The highest BCUT2D eigenvalue weighted by atomic mass is 16.5. The second kappa shape index (κ2) is 5.76. The van der Waals surface area contributed by atoms with E-state index in [0.717, 1.165) is 19.3 Å². The first-order valence-electron chi connectivity index (χ1n) is 7.50. The lowest BCUT2D eigenvalue weighted by Crippen LogP contribution is -2.33. The number of carbonyl (C=O) groups excluding carboxylic acids is 2. The molecule has 21 heavy (non-hydrogen) atoms. The minimum absolute atomic E-state index is 0.0199. The Balaban J connectivity index is 1.48. The van der Waals surface area contributed by atoms with Gasteiger partial charge in [0.1, 0.15) is 5.75 Å². The minimum atomic E-state index is -0.0488. The van der Waals surface area contributed by atoms with Crippen molar-refractivity contribution in [1.29, 1.82) is 0 Å². The average molecular weight is 288 g/mol. The van der Waals surface area contributed by atoms with Gasteiger partial charge >= 0.3 is 0 Å². The molecule has 1 aromatic rings. The van der Waals surface area contributed by atoms with E-state index in [1.165, 1.54) is 4.90 Å². The molecule has 1 aromatic carbocycles. The summed E-state index contributed by atoms with van der Waals surface area (Å²) < 4.78 is 5.58. The van der Waals surface area contributed by atoms with E-state index >= 15 is 0 Å². The molecule has 1 heterocycles. The van der Waals surface area contributed by atoms with Gasteiger partial charge in [0.25, 0.3) is 0 Å². The van der Waals surface area contributed by atoms with Gasteiger partial charge in [-0.15, -0.1) is 0 Å². The summed E-state index contributed by atoms with van der Waals surface area (Å²) in [5.74, 6) is 0.656. The van der Waals surface area contributed by atoms with E-state index in [1.807, 2.05) is 12.1 Å². The van der Waals surface area contributed by atoms with Crippen molar-refractivity contribution >= 4 is 17.5 Å². The summed E-state index contributed by atoms with van der Waals surface area (Å²) in [5.41, 5.74) is 6.33. The molecule has 1 saturated carbocycles. The van der Waals surface area contributed by atoms with E-state index in [0.29, 0.717) is 31.0 Å². The Bertz CT molecular complexity index is 536. The quantitative estimate of drug-likeness (QED) is 0.509. The highest BCUT2D eigenvalue weighted by Gasteiger charge is 2.49. The van der Waals surface area contributed by atoms with E-state index in [1.54, 1.807) is 12.1 Å². The maximum atomic E-state index is 12.2. The van der Waals surface area contributed by atoms with Crippen LogP contribution in [0.15, 0.2) is 24.3 Å². The zero-order valence-electron chi connectivity index (χ0n) is 12.0. The van der Waals surface area contributed by atoms with Crippen LogP contribution in [0.5, 0.6) is 5.75 Å². The number of nitrogens with zero attached hydrogens (tertiary/aromatic N) is 1. The number of carbonyl (C=O) groups is 2. The van der Waals surface area contributed by atoms with Gasteiger partial charge in [-0.3, -0.25) is 14.5 Å². The van der Waals surface area contributed by atoms with Gasteiger partial charge in [-0.05, 0) is 31.4 Å². The topological polar surface area (TPSA) is 72.6 Å². The van der Waals surface area contributed by atoms with Crippen molar-refractivity contribution in [2.24, 2.45) is 11.8 Å². The molecular weight excluding hydrogens is 268 g/mol. The Morgan fingerprint density at radius 1 is 1.19 bits per heavy atom. The third kappa shape index (κ3) is 2.73. The second-order valence-electron chi connectivity index (χ2n) is 5.75. The largest absolute Gasteiger partial charge is 0.493 e. The lowest BCUT2D eigenvalue weighted by molar-refractivity contribution is -0.140. The summed E-state index contributed by atoms with van der Waals surface area (Å²) in [6.07, 6.45) is 3.38. The molecule has 5 nitrogen and oxygen atoms in total. The molecule has 5 heteroatoms. The SMILES string of the molecule is Nc1cccc(OCCCN2C(=O)C3CCCC3C2=O)c1. The van der Waals surface area contributed by atoms with Gasteiger partial charge in [-0.25, -0.2) is 0 Å². The van der Waals surface area contributed by atoms with E-state index in [9.17, 15) is 9.59 Å². The fourth-order valence-corrected chi connectivity index (χ4v) is 3.30. The minimum Gasteiger partial charge on any atom is -0.493 e. The number of fused-ring (bicyclic) bond motifs is 1. The summed E-state index contributed by atoms with van der Waals surface area (Å²) >= 11 is 0. The van der Waals surface area contributed by atoms with Crippen LogP contribution in [0, 0.1) is 11.8 Å². The van der Waals surface area contributed by atoms with E-state index in [-0.39, 0.29) is 23.7 Å². The first-order chi connectivity index (χ1) is 10.2. The summed E-state index contributed by atoms with van der Waals surface area (Å²) in [7, 11) is 0. The lowest BCUT2D eigenvalue weighted by Gasteiger charge is -2.16. The molecule has 2 N–H and O–H groups in total. The number of nitrogen functional groups attached to an aromatic ring is 1. The summed E-state index contributed by atoms with van der Waals surface area (Å²) in [5, 5.41) is 0. The van der Waals surface area contributed by atoms with E-state index < -0.39 is 0 Å². The predicted octanol–water partition coefficient (Wildman–Crippen LogP) is 1.82. The molecule has 2 amide bonds. The van der Waals surface area contributed by atoms with Crippen LogP contribution in [0.4, 0.5) is 5.69 Å². The number of amides is 2. The number of hydrogen-bond acceptors (Lipinski definition) is 4. The van der Waals surface area contributed by atoms with Gasteiger partial charge in [0, 0.05) is 18.3 Å². The Labute approximate surface area is 124 Å². The molecule has 2 unspecified atom stereocenters. The van der Waals surface area contributed by atoms with Gasteiger partial charge in [0.15, 0.2) is 0 Å². The highest BCUT2D eigenvalue weighted by molar-refractivity contribution is 6.05. The molecular formula is C16H20N2O3. The van der Waals surface area contributed by atoms with Gasteiger partial charge < -0.3 is 10.5 Å². The zero-order valence-corrected chi connectivity index (χ0v) is 12.0. The number of likely N-dealkylation sites (tertiary alicyclic amines) is 1. The van der Waals surface area contributed by atoms with Gasteiger partial charge in [0.05, 0.1) is 18.4 Å². The number of rotatable bonds is 5. The Hall–Kier alpha value is -2.04. The molecule has 0 spiro atoms. The Kier molecular flexibility index (Phi) is 3.82. The number of hydrogen-bond donors (Lipinski definition) is 1. The molecule has 112 valence electrons. The second-order valence-corrected chi connectivity index (χ2v) is 5.75. The lowest BCUT2D eigenvalue weighted by atomic mass is 10.00. The van der Waals surface area contributed by atoms with Crippen LogP contribution in [-0.2, 0) is 9.59 Å². The van der Waals surface area contributed by atoms with Gasteiger partial charge in [-0.2, -0.15) is 0 Å². The highest BCUT2D eigenvalue weighted by Crippen LogP contribution is 2.39. The van der Waals surface area contributed by atoms with Crippen LogP contribution in [0.1, 0.15) is 25.7 Å². The van der Waals surface area contributed by atoms with Gasteiger partial charge in [0.2, 0.25) is 11.8 Å². The summed E-state index contributed by atoms with van der Waals surface area (Å²) in [4.78, 5) is 25.7. The van der Waals surface area contributed by atoms with Crippen LogP contribution in [-0.4, -0.2) is 29.9 Å². The van der Waals surface area contributed by atoms with Crippen molar-refractivity contribution in [3.05, 3.63) is 24.3 Å². The standard InChI is InChI=1S/C16H20N2O3/c17-11-4-1-5-12(10-11)21-9-3-8-18-15(19)13-6-2-7-14(13)16(18)20/h1,4-5,10,13-14H,2-3,6-9,17H2. The average Bonchev–Trinajstić information content (AvgIpc) is 3.02. The number of nitrogens with two attached hydrogens (primary N) is 1. The molecule has 2 fully saturated rings. The third-order valence-corrected chi connectivity index (χ3v) is 4.34. The molecule has 2 atom stereocenters. The van der Waals surface area contributed by atoms with Crippen molar-refractivity contribution in [3.63, 3.8) is 0 Å². The zero-order chi connectivity index (χ0) is 14.8. The van der Waals surface area contributed by atoms with Crippen molar-refractivity contribution in [3.8, 4) is 5.75 Å². The fourth-order valence-electron chi connectivity index (χ4n) is 3.30. The Morgan fingerprint density at radius 3 is 2.57 bits per heavy atom. The van der Waals surface area contributed by atoms with Crippen LogP contribution in [0.2, 0.25) is 0 Å². The van der Waals surface area contributed by atoms with Crippen molar-refractivity contribution < 1.29 is 14.3 Å². The van der Waals surface area contributed by atoms with Crippen molar-refractivity contribution in [1.82, 2.24) is 4.90 Å². The molecule has 1 aliphatic heterocycles. The normalized spacial score (nSPS) is 24.5. The molecule has 0 aromatic heterocycles. The molecule has 0 bridgehead atoms. The Morgan fingerprint density at radius 2 is 1.90 bits per heavy atom. The molecule has 3 rings (SSSR count). The molecule has 0 radical (unpaired) electrons. The maximum absolute atomic E-state index is 12.2. The van der Waals surface area contributed by atoms with Crippen molar-refractivity contribution in [2.75, 3.05) is 18.9 Å². The van der Waals surface area contributed by atoms with E-state index in [4.69, 9.17) is 10.5 Å². The van der Waals surface area contributed by atoms with Gasteiger partial charge in [-0.1, -0.05) is 12.5 Å². The summed E-state index contributed by atoms with van der Waals surface area (Å²) in [6.45, 7) is 0.919. The monoisotopic (exact) mass is 288 g/mol. The third-order valence-electron chi connectivity index (χ3n) is 4.34. The molecule has 2 aliphatic rings. The number of ether oxygens (including phenoxy) is 1. The smallest absolute Gasteiger partial charge is 0.233 e. The number of benzene rings is 1. The van der Waals surface area contributed by atoms with Crippen LogP contribution < -0.4 is 10.5 Å². The fraction of sp³-hybridized carbons (Fsp3) is 0.500. The van der Waals surface area contributed by atoms with Crippen LogP contribution in [0.3, 0.4) is 0 Å². The first-order valence-corrected chi connectivity index (χ1v) is 7.50. The molecule has 1 aliphatic carbocycles.